The highest BCUT2D eigenvalue weighted by atomic mass is 32.1. The first-order valence-corrected chi connectivity index (χ1v) is 23.4. The number of rotatable bonds is 33. The van der Waals surface area contributed by atoms with Crippen molar-refractivity contribution >= 4 is 30.4 Å². The predicted octanol–water partition coefficient (Wildman–Crippen LogP) is 14.3. The Balaban J connectivity index is -0.000000156. The maximum Gasteiger partial charge on any atom is 0.305 e. The maximum absolute atomic E-state index is 11.5. The van der Waals surface area contributed by atoms with E-state index in [4.69, 9.17) is 14.9 Å². The summed E-state index contributed by atoms with van der Waals surface area (Å²) in [5.74, 6) is 0.368. The molecule has 330 valence electrons. The van der Waals surface area contributed by atoms with Crippen molar-refractivity contribution in [3.8, 4) is 0 Å². The van der Waals surface area contributed by atoms with Crippen molar-refractivity contribution < 1.29 is 34.1 Å². The van der Waals surface area contributed by atoms with Gasteiger partial charge in [-0.3, -0.25) is 14.4 Å². The number of carbonyl (C=O) groups excluding carboxylic acids is 3. The van der Waals surface area contributed by atoms with Crippen LogP contribution in [0.15, 0.2) is 0 Å². The second kappa shape index (κ2) is 69.8. The van der Waals surface area contributed by atoms with Crippen molar-refractivity contribution in [2.45, 2.75) is 254 Å². The molecule has 0 aromatic rings. The van der Waals surface area contributed by atoms with E-state index >= 15 is 0 Å². The fourth-order valence-corrected chi connectivity index (χ4v) is 5.25. The number of carbonyl (C=O) groups is 3. The number of Topliss-reactive ketones (excluding diaryl/α,β-unsaturated/α-hetero) is 1. The molecule has 0 aromatic heterocycles. The lowest BCUT2D eigenvalue weighted by Gasteiger charge is -2.04. The molecule has 0 saturated heterocycles. The lowest BCUT2D eigenvalue weighted by Crippen LogP contribution is -2.05. The molecule has 54 heavy (non-hydrogen) atoms. The summed E-state index contributed by atoms with van der Waals surface area (Å²) in [5, 5.41) is 15.1. The van der Waals surface area contributed by atoms with Gasteiger partial charge < -0.3 is 19.7 Å². The van der Waals surface area contributed by atoms with E-state index in [1.54, 1.807) is 0 Å². The van der Waals surface area contributed by atoms with Crippen molar-refractivity contribution in [3.05, 3.63) is 0 Å². The smallest absolute Gasteiger partial charge is 0.305 e. The molecule has 0 bridgehead atoms. The lowest BCUT2D eigenvalue weighted by atomic mass is 10.0. The molecule has 2 N–H and O–H groups in total. The molecule has 0 aliphatic carbocycles. The fourth-order valence-electron chi connectivity index (χ4n) is 5.07. The summed E-state index contributed by atoms with van der Waals surface area (Å²) in [6.07, 6.45) is 38.0. The first-order chi connectivity index (χ1) is 26.3. The third kappa shape index (κ3) is 83.7. The van der Waals surface area contributed by atoms with Crippen molar-refractivity contribution in [2.24, 2.45) is 0 Å². The van der Waals surface area contributed by atoms with Crippen LogP contribution in [-0.4, -0.2) is 54.2 Å². The molecule has 0 radical (unpaired) electrons. The van der Waals surface area contributed by atoms with Gasteiger partial charge in [0.2, 0.25) is 0 Å². The van der Waals surface area contributed by atoms with E-state index in [0.717, 1.165) is 71.3 Å². The highest BCUT2D eigenvalue weighted by molar-refractivity contribution is 7.80. The molecule has 8 heteroatoms. The number of hydrogen-bond acceptors (Lipinski definition) is 8. The average Bonchev–Trinajstić information content (AvgIpc) is 3.18. The number of ketones is 1. The summed E-state index contributed by atoms with van der Waals surface area (Å²) in [7, 11) is 1.00. The molecular formula is C46H98O7S. The fraction of sp³-hybridized carbons (Fsp3) is 0.935. The van der Waals surface area contributed by atoms with Crippen LogP contribution >= 0.6 is 12.6 Å². The van der Waals surface area contributed by atoms with Gasteiger partial charge >= 0.3 is 11.9 Å². The number of ether oxygens (including phenoxy) is 2. The molecule has 0 fully saturated rings. The normalized spacial score (nSPS) is 9.63. The first-order valence-electron chi connectivity index (χ1n) is 22.8. The van der Waals surface area contributed by atoms with Gasteiger partial charge in [0.15, 0.2) is 0 Å². The van der Waals surface area contributed by atoms with Crippen LogP contribution in [0.2, 0.25) is 0 Å². The van der Waals surface area contributed by atoms with Crippen molar-refractivity contribution in [3.63, 3.8) is 0 Å². The minimum atomic E-state index is -0.287. The van der Waals surface area contributed by atoms with Gasteiger partial charge in [-0.1, -0.05) is 196 Å². The Hall–Kier alpha value is -1.12. The number of thiol groups is 1. The molecular weight excluding hydrogens is 697 g/mol. The van der Waals surface area contributed by atoms with Crippen molar-refractivity contribution in [1.29, 1.82) is 0 Å². The summed E-state index contributed by atoms with van der Waals surface area (Å²) in [5.41, 5.74) is 0. The molecule has 0 unspecified atom stereocenters. The first kappa shape index (κ1) is 64.8. The Morgan fingerprint density at radius 3 is 1.04 bits per heavy atom. The molecule has 0 heterocycles. The van der Waals surface area contributed by atoms with Crippen LogP contribution in [0.5, 0.6) is 0 Å². The van der Waals surface area contributed by atoms with E-state index in [-0.39, 0.29) is 17.9 Å². The molecule has 0 atom stereocenters. The van der Waals surface area contributed by atoms with E-state index in [9.17, 15) is 14.4 Å². The molecule has 0 aliphatic heterocycles. The third-order valence-electron chi connectivity index (χ3n) is 8.39. The number of unbranched alkanes of at least 4 members (excludes halogenated alkanes) is 23. The quantitative estimate of drug-likeness (QED) is 0.0263. The van der Waals surface area contributed by atoms with E-state index in [2.05, 4.69) is 52.0 Å². The highest BCUT2D eigenvalue weighted by Crippen LogP contribution is 2.14. The van der Waals surface area contributed by atoms with Gasteiger partial charge in [0.25, 0.3) is 0 Å². The van der Waals surface area contributed by atoms with Crippen LogP contribution in [0, 0.1) is 0 Å². The SMILES string of the molecule is CC.CC(=O)OCS.CCCCCCCCCCCCCC(=O)CCCC.CCCCCCCCCCCCCC(=O)OCCCC.CCCCO.CO. The maximum atomic E-state index is 11.5. The number of hydrogen-bond donors (Lipinski definition) is 3. The summed E-state index contributed by atoms with van der Waals surface area (Å²) >= 11 is 3.62. The zero-order valence-corrected chi connectivity index (χ0v) is 38.8. The van der Waals surface area contributed by atoms with Gasteiger partial charge in [0.1, 0.15) is 11.7 Å². The predicted molar refractivity (Wildman–Crippen MR) is 240 cm³/mol. The van der Waals surface area contributed by atoms with E-state index in [0.29, 0.717) is 25.4 Å². The van der Waals surface area contributed by atoms with Gasteiger partial charge in [-0.15, -0.1) is 12.6 Å². The number of esters is 2. The Kier molecular flexibility index (Phi) is 83.7. The van der Waals surface area contributed by atoms with Crippen molar-refractivity contribution in [2.75, 3.05) is 26.3 Å². The molecule has 0 aliphatic rings. The zero-order valence-electron chi connectivity index (χ0n) is 37.9. The Bertz CT molecular complexity index is 645. The minimum Gasteiger partial charge on any atom is -0.466 e. The summed E-state index contributed by atoms with van der Waals surface area (Å²) < 4.78 is 9.40. The summed E-state index contributed by atoms with van der Waals surface area (Å²) in [6.45, 7) is 17.1. The topological polar surface area (TPSA) is 110 Å². The van der Waals surface area contributed by atoms with Crippen LogP contribution in [0.1, 0.15) is 254 Å². The van der Waals surface area contributed by atoms with Gasteiger partial charge in [0.05, 0.1) is 6.61 Å². The Morgan fingerprint density at radius 2 is 0.759 bits per heavy atom. The number of aliphatic hydroxyl groups excluding tert-OH is 2. The van der Waals surface area contributed by atoms with Crippen LogP contribution in [0.4, 0.5) is 0 Å². The molecule has 0 saturated carbocycles. The average molecular weight is 795 g/mol. The number of aliphatic hydroxyl groups is 2. The molecule has 0 aromatic carbocycles. The minimum absolute atomic E-state index is 0.00521. The van der Waals surface area contributed by atoms with Gasteiger partial charge in [-0.05, 0) is 32.1 Å². The summed E-state index contributed by atoms with van der Waals surface area (Å²) in [6, 6.07) is 0. The molecule has 0 rings (SSSR count). The largest absolute Gasteiger partial charge is 0.466 e. The van der Waals surface area contributed by atoms with E-state index < -0.39 is 0 Å². The van der Waals surface area contributed by atoms with Gasteiger partial charge in [0, 0.05) is 39.9 Å². The second-order valence-corrected chi connectivity index (χ2v) is 13.9. The molecule has 0 amide bonds. The van der Waals surface area contributed by atoms with Crippen LogP contribution in [0.25, 0.3) is 0 Å². The highest BCUT2D eigenvalue weighted by Gasteiger charge is 2.02. The Morgan fingerprint density at radius 1 is 0.444 bits per heavy atom. The van der Waals surface area contributed by atoms with Gasteiger partial charge in [-0.25, -0.2) is 0 Å². The zero-order chi connectivity index (χ0) is 42.2. The van der Waals surface area contributed by atoms with Crippen LogP contribution < -0.4 is 0 Å². The summed E-state index contributed by atoms with van der Waals surface area (Å²) in [4.78, 5) is 32.6. The van der Waals surface area contributed by atoms with Gasteiger partial charge in [-0.2, -0.15) is 0 Å². The lowest BCUT2D eigenvalue weighted by molar-refractivity contribution is -0.144. The monoisotopic (exact) mass is 795 g/mol. The van der Waals surface area contributed by atoms with Crippen molar-refractivity contribution in [1.82, 2.24) is 0 Å². The van der Waals surface area contributed by atoms with E-state index in [1.165, 1.54) is 135 Å². The molecule has 7 nitrogen and oxygen atoms in total. The third-order valence-corrected chi connectivity index (χ3v) is 8.52. The second-order valence-electron chi connectivity index (χ2n) is 13.6. The molecule has 0 spiro atoms. The van der Waals surface area contributed by atoms with Crippen LogP contribution in [-0.2, 0) is 23.9 Å². The Labute approximate surface area is 344 Å². The standard InChI is InChI=1S/C18H36O2.C18H36O.C4H10O.C3H6O2S.C2H6.CH4O/c1-3-5-7-8-9-10-11-12-13-14-15-16-18(19)20-17-6-4-2;1-3-5-7-8-9-10-11-12-13-14-15-17-18(19)16-6-4-2;1-2-3-4-5;1-3(4)5-2-6;2*1-2/h3-17H2,1-2H3;3-17H2,1-2H3;5H,2-4H2,1H3;6H,2H2,1H3;1-2H3;2H,1H3. The van der Waals surface area contributed by atoms with E-state index in [1.807, 2.05) is 13.8 Å². The van der Waals surface area contributed by atoms with Crippen LogP contribution in [0.3, 0.4) is 0 Å².